The van der Waals surface area contributed by atoms with Crippen molar-refractivity contribution in [2.75, 3.05) is 13.2 Å². The number of nitrogens with zero attached hydrogens (tertiary/aromatic N) is 3. The highest BCUT2D eigenvalue weighted by Crippen LogP contribution is 2.30. The van der Waals surface area contributed by atoms with E-state index in [1.54, 1.807) is 10.9 Å². The van der Waals surface area contributed by atoms with Crippen LogP contribution in [0.1, 0.15) is 11.1 Å². The fourth-order valence-corrected chi connectivity index (χ4v) is 2.84. The van der Waals surface area contributed by atoms with Gasteiger partial charge < -0.3 is 9.47 Å². The van der Waals surface area contributed by atoms with Crippen molar-refractivity contribution < 1.29 is 9.47 Å². The minimum absolute atomic E-state index is 0.437. The number of fused-ring (bicyclic) bond motifs is 1. The van der Waals surface area contributed by atoms with Gasteiger partial charge in [-0.1, -0.05) is 24.3 Å². The SMILES string of the molecule is Cc1ccccc1-c1n[nH]c(=S)n1/N=C/c1ccc2c(c1)OCCO2. The van der Waals surface area contributed by atoms with Crippen LogP contribution in [-0.4, -0.2) is 34.3 Å². The number of aromatic nitrogens is 3. The first-order chi connectivity index (χ1) is 12.2. The second kappa shape index (κ2) is 6.52. The van der Waals surface area contributed by atoms with Crippen LogP contribution in [0.5, 0.6) is 11.5 Å². The molecule has 0 saturated heterocycles. The van der Waals surface area contributed by atoms with Gasteiger partial charge in [0, 0.05) is 5.56 Å². The Balaban J connectivity index is 1.70. The van der Waals surface area contributed by atoms with Crippen LogP contribution in [0.25, 0.3) is 11.4 Å². The normalized spacial score (nSPS) is 13.3. The Labute approximate surface area is 149 Å². The van der Waals surface area contributed by atoms with Gasteiger partial charge in [-0.3, -0.25) is 0 Å². The van der Waals surface area contributed by atoms with Crippen LogP contribution in [0, 0.1) is 11.7 Å². The summed E-state index contributed by atoms with van der Waals surface area (Å²) in [4.78, 5) is 0. The van der Waals surface area contributed by atoms with Gasteiger partial charge in [0.05, 0.1) is 6.21 Å². The monoisotopic (exact) mass is 352 g/mol. The maximum absolute atomic E-state index is 5.60. The lowest BCUT2D eigenvalue weighted by molar-refractivity contribution is 0.171. The van der Waals surface area contributed by atoms with E-state index in [1.807, 2.05) is 49.4 Å². The smallest absolute Gasteiger partial charge is 0.216 e. The zero-order valence-electron chi connectivity index (χ0n) is 13.6. The summed E-state index contributed by atoms with van der Waals surface area (Å²) in [7, 11) is 0. The van der Waals surface area contributed by atoms with Crippen molar-refractivity contribution in [2.24, 2.45) is 5.10 Å². The zero-order chi connectivity index (χ0) is 17.2. The van der Waals surface area contributed by atoms with Gasteiger partial charge in [-0.25, -0.2) is 5.10 Å². The van der Waals surface area contributed by atoms with E-state index in [-0.39, 0.29) is 0 Å². The molecule has 0 saturated carbocycles. The number of nitrogens with one attached hydrogen (secondary N) is 1. The number of aryl methyl sites for hydroxylation is 1. The molecule has 0 aliphatic carbocycles. The zero-order valence-corrected chi connectivity index (χ0v) is 14.4. The molecule has 0 amide bonds. The highest BCUT2D eigenvalue weighted by molar-refractivity contribution is 7.71. The molecule has 2 aromatic carbocycles. The summed E-state index contributed by atoms with van der Waals surface area (Å²) in [5, 5.41) is 11.6. The molecule has 0 fully saturated rings. The van der Waals surface area contributed by atoms with E-state index in [9.17, 15) is 0 Å². The number of aromatic amines is 1. The highest BCUT2D eigenvalue weighted by Gasteiger charge is 2.12. The number of hydrogen-bond donors (Lipinski definition) is 1. The minimum Gasteiger partial charge on any atom is -0.486 e. The fraction of sp³-hybridized carbons (Fsp3) is 0.167. The van der Waals surface area contributed by atoms with Crippen LogP contribution in [0.4, 0.5) is 0 Å². The maximum Gasteiger partial charge on any atom is 0.216 e. The molecule has 3 aromatic rings. The number of H-pyrrole nitrogens is 1. The predicted octanol–water partition coefficient (Wildman–Crippen LogP) is 3.57. The first-order valence-corrected chi connectivity index (χ1v) is 8.30. The lowest BCUT2D eigenvalue weighted by atomic mass is 10.1. The van der Waals surface area contributed by atoms with E-state index in [0.717, 1.165) is 28.2 Å². The van der Waals surface area contributed by atoms with Crippen LogP contribution in [0.3, 0.4) is 0 Å². The van der Waals surface area contributed by atoms with Gasteiger partial charge in [-0.15, -0.1) is 0 Å². The molecule has 6 nitrogen and oxygen atoms in total. The molecule has 1 aliphatic rings. The predicted molar refractivity (Wildman–Crippen MR) is 98.0 cm³/mol. The molecule has 0 spiro atoms. The molecule has 0 radical (unpaired) electrons. The van der Waals surface area contributed by atoms with E-state index in [1.165, 1.54) is 0 Å². The minimum atomic E-state index is 0.437. The molecule has 1 aliphatic heterocycles. The van der Waals surface area contributed by atoms with Gasteiger partial charge in [0.2, 0.25) is 4.77 Å². The number of rotatable bonds is 3. The molecule has 0 bridgehead atoms. The summed E-state index contributed by atoms with van der Waals surface area (Å²) in [6.07, 6.45) is 1.73. The van der Waals surface area contributed by atoms with E-state index < -0.39 is 0 Å². The maximum atomic E-state index is 5.60. The largest absolute Gasteiger partial charge is 0.486 e. The number of ether oxygens (including phenoxy) is 2. The molecule has 7 heteroatoms. The lowest BCUT2D eigenvalue weighted by Crippen LogP contribution is -2.15. The topological polar surface area (TPSA) is 64.4 Å². The lowest BCUT2D eigenvalue weighted by Gasteiger charge is -2.18. The van der Waals surface area contributed by atoms with Crippen LogP contribution in [0.15, 0.2) is 47.6 Å². The van der Waals surface area contributed by atoms with Gasteiger partial charge in [-0.2, -0.15) is 14.9 Å². The Bertz CT molecular complexity index is 1010. The third-order valence-corrected chi connectivity index (χ3v) is 4.19. The third kappa shape index (κ3) is 3.06. The molecular weight excluding hydrogens is 336 g/mol. The van der Waals surface area contributed by atoms with Crippen LogP contribution in [0.2, 0.25) is 0 Å². The van der Waals surface area contributed by atoms with Crippen molar-refractivity contribution in [3.05, 3.63) is 58.4 Å². The van der Waals surface area contributed by atoms with Crippen LogP contribution >= 0.6 is 12.2 Å². The van der Waals surface area contributed by atoms with Gasteiger partial charge in [0.15, 0.2) is 17.3 Å². The van der Waals surface area contributed by atoms with Crippen molar-refractivity contribution in [1.29, 1.82) is 0 Å². The van der Waals surface area contributed by atoms with Crippen molar-refractivity contribution in [3.63, 3.8) is 0 Å². The molecule has 1 N–H and O–H groups in total. The average molecular weight is 352 g/mol. The standard InChI is InChI=1S/C18H16N4O2S/c1-12-4-2-3-5-14(12)17-20-21-18(25)22(17)19-11-13-6-7-15-16(10-13)24-9-8-23-15/h2-7,10-11H,8-9H2,1H3,(H,21,25)/b19-11+. The van der Waals surface area contributed by atoms with E-state index in [4.69, 9.17) is 21.7 Å². The van der Waals surface area contributed by atoms with Gasteiger partial charge >= 0.3 is 0 Å². The van der Waals surface area contributed by atoms with Gasteiger partial charge in [0.25, 0.3) is 0 Å². The molecule has 25 heavy (non-hydrogen) atoms. The Morgan fingerprint density at radius 3 is 2.80 bits per heavy atom. The van der Waals surface area contributed by atoms with Crippen molar-refractivity contribution in [2.45, 2.75) is 6.92 Å². The van der Waals surface area contributed by atoms with E-state index in [0.29, 0.717) is 23.8 Å². The Hall–Kier alpha value is -2.93. The average Bonchev–Trinajstić information content (AvgIpc) is 3.00. The number of benzene rings is 2. The molecule has 4 rings (SSSR count). The second-order valence-corrected chi connectivity index (χ2v) is 6.01. The molecule has 0 unspecified atom stereocenters. The summed E-state index contributed by atoms with van der Waals surface area (Å²) >= 11 is 5.32. The summed E-state index contributed by atoms with van der Waals surface area (Å²) in [5.74, 6) is 2.16. The van der Waals surface area contributed by atoms with Crippen LogP contribution < -0.4 is 9.47 Å². The summed E-state index contributed by atoms with van der Waals surface area (Å²) in [6.45, 7) is 3.16. The molecule has 2 heterocycles. The fourth-order valence-electron chi connectivity index (χ4n) is 2.66. The number of hydrogen-bond acceptors (Lipinski definition) is 5. The van der Waals surface area contributed by atoms with E-state index >= 15 is 0 Å². The van der Waals surface area contributed by atoms with Crippen molar-refractivity contribution in [3.8, 4) is 22.9 Å². The summed E-state index contributed by atoms with van der Waals surface area (Å²) in [5.41, 5.74) is 2.98. The Morgan fingerprint density at radius 2 is 1.96 bits per heavy atom. The molecule has 0 atom stereocenters. The molecule has 126 valence electrons. The van der Waals surface area contributed by atoms with E-state index in [2.05, 4.69) is 15.3 Å². The quantitative estimate of drug-likeness (QED) is 0.578. The second-order valence-electron chi connectivity index (χ2n) is 5.63. The molecule has 1 aromatic heterocycles. The van der Waals surface area contributed by atoms with Crippen LogP contribution in [-0.2, 0) is 0 Å². The first kappa shape index (κ1) is 15.6. The summed E-state index contributed by atoms with van der Waals surface area (Å²) < 4.78 is 13.2. The van der Waals surface area contributed by atoms with Gasteiger partial charge in [0.1, 0.15) is 13.2 Å². The first-order valence-electron chi connectivity index (χ1n) is 7.90. The summed E-state index contributed by atoms with van der Waals surface area (Å²) in [6, 6.07) is 13.7. The van der Waals surface area contributed by atoms with Gasteiger partial charge in [-0.05, 0) is 48.5 Å². The highest BCUT2D eigenvalue weighted by atomic mass is 32.1. The van der Waals surface area contributed by atoms with Crippen molar-refractivity contribution in [1.82, 2.24) is 14.9 Å². The Morgan fingerprint density at radius 1 is 1.16 bits per heavy atom. The molecular formula is C18H16N4O2S. The third-order valence-electron chi connectivity index (χ3n) is 3.92. The Kier molecular flexibility index (Phi) is 4.07. The van der Waals surface area contributed by atoms with Crippen molar-refractivity contribution >= 4 is 18.4 Å².